The maximum atomic E-state index is 6.07. The molecule has 0 spiro atoms. The van der Waals surface area contributed by atoms with E-state index in [0.29, 0.717) is 11.5 Å². The molecule has 0 aliphatic heterocycles. The first kappa shape index (κ1) is 9.05. The summed E-state index contributed by atoms with van der Waals surface area (Å²) < 4.78 is 0. The Bertz CT molecular complexity index is 123. The van der Waals surface area contributed by atoms with E-state index >= 15 is 0 Å². The molecule has 1 saturated carbocycles. The minimum atomic E-state index is 0.417. The van der Waals surface area contributed by atoms with Crippen LogP contribution in [0.15, 0.2) is 0 Å². The highest BCUT2D eigenvalue weighted by Gasteiger charge is 2.31. The average molecular weight is 155 g/mol. The van der Waals surface area contributed by atoms with Crippen molar-refractivity contribution in [3.8, 4) is 0 Å². The molecule has 0 amide bonds. The van der Waals surface area contributed by atoms with E-state index in [2.05, 4.69) is 20.8 Å². The fourth-order valence-electron chi connectivity index (χ4n) is 2.23. The Kier molecular flexibility index (Phi) is 2.58. The maximum absolute atomic E-state index is 6.07. The summed E-state index contributed by atoms with van der Waals surface area (Å²) in [6.45, 7) is 6.93. The third-order valence-electron chi connectivity index (χ3n) is 2.93. The molecule has 1 rings (SSSR count). The molecule has 0 aromatic rings. The number of nitrogens with two attached hydrogens (primary N) is 1. The Morgan fingerprint density at radius 1 is 1.09 bits per heavy atom. The van der Waals surface area contributed by atoms with Crippen LogP contribution in [-0.2, 0) is 0 Å². The van der Waals surface area contributed by atoms with Crippen molar-refractivity contribution in [1.82, 2.24) is 0 Å². The number of rotatable bonds is 0. The number of hydrogen-bond acceptors (Lipinski definition) is 1. The fourth-order valence-corrected chi connectivity index (χ4v) is 2.23. The van der Waals surface area contributed by atoms with E-state index in [4.69, 9.17) is 5.73 Å². The van der Waals surface area contributed by atoms with E-state index in [0.717, 1.165) is 5.92 Å². The third kappa shape index (κ3) is 2.19. The second-order valence-electron chi connectivity index (χ2n) is 4.92. The van der Waals surface area contributed by atoms with E-state index in [-0.39, 0.29) is 0 Å². The predicted molar refractivity (Wildman–Crippen MR) is 49.4 cm³/mol. The molecule has 1 heteroatoms. The summed E-state index contributed by atoms with van der Waals surface area (Å²) in [5.41, 5.74) is 6.48. The highest BCUT2D eigenvalue weighted by Crippen LogP contribution is 2.36. The fraction of sp³-hybridized carbons (Fsp3) is 1.00. The van der Waals surface area contributed by atoms with Gasteiger partial charge >= 0.3 is 0 Å². The average Bonchev–Trinajstić information content (AvgIpc) is 1.86. The monoisotopic (exact) mass is 155 g/mol. The van der Waals surface area contributed by atoms with Gasteiger partial charge in [-0.05, 0) is 24.2 Å². The van der Waals surface area contributed by atoms with Crippen LogP contribution in [0.25, 0.3) is 0 Å². The van der Waals surface area contributed by atoms with Gasteiger partial charge in [-0.1, -0.05) is 33.6 Å². The molecule has 0 radical (unpaired) electrons. The van der Waals surface area contributed by atoms with Crippen molar-refractivity contribution >= 4 is 0 Å². The number of hydrogen-bond donors (Lipinski definition) is 1. The normalized spacial score (nSPS) is 33.8. The van der Waals surface area contributed by atoms with Crippen molar-refractivity contribution in [3.63, 3.8) is 0 Å². The van der Waals surface area contributed by atoms with Gasteiger partial charge in [0.15, 0.2) is 0 Å². The first-order valence-corrected chi connectivity index (χ1v) is 4.77. The lowest BCUT2D eigenvalue weighted by Crippen LogP contribution is -2.40. The van der Waals surface area contributed by atoms with Crippen LogP contribution in [0, 0.1) is 11.3 Å². The summed E-state index contributed by atoms with van der Waals surface area (Å²) in [7, 11) is 0. The summed E-state index contributed by atoms with van der Waals surface area (Å²) in [5.74, 6) is 0.747. The van der Waals surface area contributed by atoms with E-state index in [1.165, 1.54) is 25.7 Å². The Labute approximate surface area is 70.4 Å². The van der Waals surface area contributed by atoms with Gasteiger partial charge in [0.05, 0.1) is 0 Å². The predicted octanol–water partition coefficient (Wildman–Crippen LogP) is 2.55. The standard InChI is InChI=1S/C10H21N/c1-10(2,3)8-6-4-5-7-9(8)11/h8-9H,4-7,11H2,1-3H3/t8-,9?/m1/s1. The van der Waals surface area contributed by atoms with Gasteiger partial charge in [0.2, 0.25) is 0 Å². The van der Waals surface area contributed by atoms with Crippen LogP contribution in [0.1, 0.15) is 46.5 Å². The summed E-state index contributed by atoms with van der Waals surface area (Å²) in [5, 5.41) is 0. The molecule has 1 fully saturated rings. The largest absolute Gasteiger partial charge is 0.327 e. The third-order valence-corrected chi connectivity index (χ3v) is 2.93. The molecule has 0 aromatic carbocycles. The van der Waals surface area contributed by atoms with Crippen LogP contribution < -0.4 is 5.73 Å². The lowest BCUT2D eigenvalue weighted by Gasteiger charge is -2.38. The molecule has 1 aliphatic rings. The topological polar surface area (TPSA) is 26.0 Å². The molecule has 2 N–H and O–H groups in total. The zero-order chi connectivity index (χ0) is 8.48. The van der Waals surface area contributed by atoms with Gasteiger partial charge in [0.1, 0.15) is 0 Å². The van der Waals surface area contributed by atoms with E-state index in [1.54, 1.807) is 0 Å². The molecule has 1 aliphatic carbocycles. The molecule has 11 heavy (non-hydrogen) atoms. The van der Waals surface area contributed by atoms with Gasteiger partial charge in [0, 0.05) is 6.04 Å². The van der Waals surface area contributed by atoms with Gasteiger partial charge in [0.25, 0.3) is 0 Å². The first-order chi connectivity index (χ1) is 5.02. The van der Waals surface area contributed by atoms with Crippen molar-refractivity contribution in [2.24, 2.45) is 17.1 Å². The van der Waals surface area contributed by atoms with Crippen LogP contribution in [0.3, 0.4) is 0 Å². The maximum Gasteiger partial charge on any atom is 0.00721 e. The molecule has 1 unspecified atom stereocenters. The first-order valence-electron chi connectivity index (χ1n) is 4.77. The molecule has 1 nitrogen and oxygen atoms in total. The Morgan fingerprint density at radius 2 is 1.64 bits per heavy atom. The minimum Gasteiger partial charge on any atom is -0.327 e. The molecular formula is C10H21N. The summed E-state index contributed by atoms with van der Waals surface area (Å²) in [6.07, 6.45) is 5.30. The molecule has 0 aromatic heterocycles. The van der Waals surface area contributed by atoms with Gasteiger partial charge in [-0.2, -0.15) is 0 Å². The van der Waals surface area contributed by atoms with Crippen molar-refractivity contribution < 1.29 is 0 Å². The second-order valence-corrected chi connectivity index (χ2v) is 4.92. The zero-order valence-corrected chi connectivity index (χ0v) is 8.06. The van der Waals surface area contributed by atoms with Crippen molar-refractivity contribution in [3.05, 3.63) is 0 Å². The molecule has 66 valence electrons. The summed E-state index contributed by atoms with van der Waals surface area (Å²) in [4.78, 5) is 0. The van der Waals surface area contributed by atoms with Gasteiger partial charge < -0.3 is 5.73 Å². The smallest absolute Gasteiger partial charge is 0.00721 e. The van der Waals surface area contributed by atoms with Crippen molar-refractivity contribution in [2.75, 3.05) is 0 Å². The van der Waals surface area contributed by atoms with Gasteiger partial charge in [-0.15, -0.1) is 0 Å². The Balaban J connectivity index is 2.55. The lowest BCUT2D eigenvalue weighted by molar-refractivity contribution is 0.153. The van der Waals surface area contributed by atoms with E-state index in [1.807, 2.05) is 0 Å². The van der Waals surface area contributed by atoms with Crippen LogP contribution in [0.2, 0.25) is 0 Å². The van der Waals surface area contributed by atoms with Crippen LogP contribution in [0.4, 0.5) is 0 Å². The van der Waals surface area contributed by atoms with Gasteiger partial charge in [-0.3, -0.25) is 0 Å². The lowest BCUT2D eigenvalue weighted by atomic mass is 9.70. The summed E-state index contributed by atoms with van der Waals surface area (Å²) in [6, 6.07) is 0.462. The van der Waals surface area contributed by atoms with Crippen LogP contribution in [0.5, 0.6) is 0 Å². The molecule has 0 saturated heterocycles. The second kappa shape index (κ2) is 3.14. The molecule has 0 bridgehead atoms. The quantitative estimate of drug-likeness (QED) is 0.571. The highest BCUT2D eigenvalue weighted by atomic mass is 14.7. The van der Waals surface area contributed by atoms with Gasteiger partial charge in [-0.25, -0.2) is 0 Å². The van der Waals surface area contributed by atoms with Crippen molar-refractivity contribution in [1.29, 1.82) is 0 Å². The molecule has 0 heterocycles. The summed E-state index contributed by atoms with van der Waals surface area (Å²) >= 11 is 0. The minimum absolute atomic E-state index is 0.417. The zero-order valence-electron chi connectivity index (χ0n) is 8.06. The van der Waals surface area contributed by atoms with E-state index < -0.39 is 0 Å². The van der Waals surface area contributed by atoms with Crippen molar-refractivity contribution in [2.45, 2.75) is 52.5 Å². The highest BCUT2D eigenvalue weighted by molar-refractivity contribution is 4.85. The SMILES string of the molecule is CC(C)(C)[C@@H]1CCCCC1N. The molecular weight excluding hydrogens is 134 g/mol. The van der Waals surface area contributed by atoms with E-state index in [9.17, 15) is 0 Å². The van der Waals surface area contributed by atoms with Crippen LogP contribution >= 0.6 is 0 Å². The van der Waals surface area contributed by atoms with Crippen LogP contribution in [-0.4, -0.2) is 6.04 Å². The Morgan fingerprint density at radius 3 is 2.00 bits per heavy atom. The Hall–Kier alpha value is -0.0400. The molecule has 2 atom stereocenters.